The summed E-state index contributed by atoms with van der Waals surface area (Å²) in [5, 5.41) is 8.83. The fourth-order valence-corrected chi connectivity index (χ4v) is 1.80. The zero-order valence-electron chi connectivity index (χ0n) is 7.67. The first kappa shape index (κ1) is 10.9. The van der Waals surface area contributed by atoms with Gasteiger partial charge in [-0.2, -0.15) is 0 Å². The number of hydrogen-bond acceptors (Lipinski definition) is 2. The lowest BCUT2D eigenvalue weighted by Gasteiger charge is -2.04. The second-order valence-electron chi connectivity index (χ2n) is 3.08. The predicted octanol–water partition coefficient (Wildman–Crippen LogP) is 2.97. The number of aromatic nitrogens is 1. The van der Waals surface area contributed by atoms with Crippen LogP contribution in [0.3, 0.4) is 0 Å². The van der Waals surface area contributed by atoms with Crippen LogP contribution >= 0.6 is 15.9 Å². The molecule has 0 saturated heterocycles. The van der Waals surface area contributed by atoms with Gasteiger partial charge in [0.25, 0.3) is 0 Å². The van der Waals surface area contributed by atoms with Gasteiger partial charge < -0.3 is 5.11 Å². The number of benzene rings is 1. The van der Waals surface area contributed by atoms with Crippen molar-refractivity contribution in [1.29, 1.82) is 0 Å². The minimum Gasteiger partial charge on any atom is -0.478 e. The molecule has 0 bridgehead atoms. The summed E-state index contributed by atoms with van der Waals surface area (Å²) in [5.74, 6) is -2.99. The number of halogens is 3. The van der Waals surface area contributed by atoms with E-state index in [2.05, 4.69) is 20.9 Å². The smallest absolute Gasteiger partial charge is 0.336 e. The Morgan fingerprint density at radius 3 is 2.62 bits per heavy atom. The number of aromatic carboxylic acids is 1. The van der Waals surface area contributed by atoms with Crippen molar-refractivity contribution in [3.63, 3.8) is 0 Å². The number of fused-ring (bicyclic) bond motifs is 1. The summed E-state index contributed by atoms with van der Waals surface area (Å²) in [6, 6.07) is 2.80. The monoisotopic (exact) mass is 287 g/mol. The molecule has 0 aliphatic heterocycles. The summed E-state index contributed by atoms with van der Waals surface area (Å²) in [6.45, 7) is 0. The van der Waals surface area contributed by atoms with Gasteiger partial charge in [-0.1, -0.05) is 0 Å². The molecule has 0 spiro atoms. The highest BCUT2D eigenvalue weighted by atomic mass is 79.9. The first-order chi connectivity index (χ1) is 7.49. The van der Waals surface area contributed by atoms with Gasteiger partial charge in [-0.15, -0.1) is 0 Å². The number of carboxylic acids is 1. The fraction of sp³-hybridized carbons (Fsp3) is 0. The summed E-state index contributed by atoms with van der Waals surface area (Å²) >= 11 is 2.97. The zero-order valence-corrected chi connectivity index (χ0v) is 9.25. The molecular formula is C10H4BrF2NO2. The van der Waals surface area contributed by atoms with E-state index >= 15 is 0 Å². The second kappa shape index (κ2) is 3.79. The van der Waals surface area contributed by atoms with E-state index in [1.165, 1.54) is 6.07 Å². The summed E-state index contributed by atoms with van der Waals surface area (Å²) in [5.41, 5.74) is -0.372. The van der Waals surface area contributed by atoms with Gasteiger partial charge in [-0.05, 0) is 28.1 Å². The van der Waals surface area contributed by atoms with Crippen LogP contribution in [0.25, 0.3) is 10.9 Å². The summed E-state index contributed by atoms with van der Waals surface area (Å²) in [6.07, 6.45) is 0. The third-order valence-electron chi connectivity index (χ3n) is 2.03. The molecule has 16 heavy (non-hydrogen) atoms. The van der Waals surface area contributed by atoms with Crippen molar-refractivity contribution < 1.29 is 18.7 Å². The van der Waals surface area contributed by atoms with E-state index < -0.39 is 17.6 Å². The molecule has 0 radical (unpaired) electrons. The molecule has 3 nitrogen and oxygen atoms in total. The van der Waals surface area contributed by atoms with Gasteiger partial charge in [0, 0.05) is 11.5 Å². The van der Waals surface area contributed by atoms with Crippen molar-refractivity contribution in [2.45, 2.75) is 0 Å². The van der Waals surface area contributed by atoms with Gasteiger partial charge in [0.15, 0.2) is 5.82 Å². The lowest BCUT2D eigenvalue weighted by molar-refractivity contribution is 0.0699. The van der Waals surface area contributed by atoms with E-state index in [9.17, 15) is 13.6 Å². The topological polar surface area (TPSA) is 50.2 Å². The van der Waals surface area contributed by atoms with Crippen LogP contribution in [0.15, 0.2) is 22.8 Å². The van der Waals surface area contributed by atoms with Gasteiger partial charge >= 0.3 is 5.97 Å². The summed E-state index contributed by atoms with van der Waals surface area (Å²) in [7, 11) is 0. The lowest BCUT2D eigenvalue weighted by Crippen LogP contribution is -2.00. The number of carbonyl (C=O) groups is 1. The molecule has 82 valence electrons. The van der Waals surface area contributed by atoms with Crippen LogP contribution in [0, 0.1) is 11.6 Å². The molecule has 6 heteroatoms. The first-order valence-corrected chi connectivity index (χ1v) is 4.97. The third kappa shape index (κ3) is 1.76. The predicted molar refractivity (Wildman–Crippen MR) is 56.3 cm³/mol. The van der Waals surface area contributed by atoms with Crippen LogP contribution in [0.5, 0.6) is 0 Å². The minimum absolute atomic E-state index is 0.0619. The minimum atomic E-state index is -1.27. The molecular weight excluding hydrogens is 284 g/mol. The number of rotatable bonds is 1. The summed E-state index contributed by atoms with van der Waals surface area (Å²) in [4.78, 5) is 14.7. The molecule has 1 aromatic carbocycles. The van der Waals surface area contributed by atoms with E-state index in [-0.39, 0.29) is 21.1 Å². The van der Waals surface area contributed by atoms with E-state index in [4.69, 9.17) is 5.11 Å². The van der Waals surface area contributed by atoms with Crippen molar-refractivity contribution in [2.24, 2.45) is 0 Å². The van der Waals surface area contributed by atoms with E-state index in [1.54, 1.807) is 0 Å². The van der Waals surface area contributed by atoms with E-state index in [0.29, 0.717) is 6.07 Å². The molecule has 1 heterocycles. The normalized spacial score (nSPS) is 10.7. The maximum absolute atomic E-state index is 13.4. The standard InChI is InChI=1S/C10H4BrF2NO2/c11-8-3-6(10(15)16)5-1-4(12)2-7(13)9(5)14-8/h1-3H,(H,15,16). The number of nitrogens with zero attached hydrogens (tertiary/aromatic N) is 1. The molecule has 2 rings (SSSR count). The largest absolute Gasteiger partial charge is 0.478 e. The molecule has 0 atom stereocenters. The SMILES string of the molecule is O=C(O)c1cc(Br)nc2c(F)cc(F)cc12. The third-order valence-corrected chi connectivity index (χ3v) is 2.44. The Morgan fingerprint density at radius 2 is 2.00 bits per heavy atom. The Morgan fingerprint density at radius 1 is 1.31 bits per heavy atom. The van der Waals surface area contributed by atoms with Gasteiger partial charge in [0.2, 0.25) is 0 Å². The van der Waals surface area contributed by atoms with Crippen LogP contribution in [-0.2, 0) is 0 Å². The molecule has 0 amide bonds. The average Bonchev–Trinajstić information content (AvgIpc) is 2.18. The van der Waals surface area contributed by atoms with Gasteiger partial charge in [-0.3, -0.25) is 0 Å². The van der Waals surface area contributed by atoms with Crippen LogP contribution in [0.2, 0.25) is 0 Å². The molecule has 0 aliphatic rings. The maximum Gasteiger partial charge on any atom is 0.336 e. The van der Waals surface area contributed by atoms with Gasteiger partial charge in [0.05, 0.1) is 5.56 Å². The highest BCUT2D eigenvalue weighted by molar-refractivity contribution is 9.10. The van der Waals surface area contributed by atoms with Gasteiger partial charge in [-0.25, -0.2) is 18.6 Å². The Balaban J connectivity index is 2.95. The Bertz CT molecular complexity index is 601. The molecule has 0 unspecified atom stereocenters. The molecule has 0 fully saturated rings. The number of pyridine rings is 1. The highest BCUT2D eigenvalue weighted by Gasteiger charge is 2.15. The Labute approximate surface area is 96.9 Å². The van der Waals surface area contributed by atoms with Crippen molar-refractivity contribution in [3.05, 3.63) is 40.0 Å². The number of hydrogen-bond donors (Lipinski definition) is 1. The summed E-state index contributed by atoms with van der Waals surface area (Å²) < 4.78 is 26.5. The van der Waals surface area contributed by atoms with Crippen molar-refractivity contribution in [3.8, 4) is 0 Å². The molecule has 0 saturated carbocycles. The molecule has 2 aromatic rings. The molecule has 1 N–H and O–H groups in total. The highest BCUT2D eigenvalue weighted by Crippen LogP contribution is 2.24. The van der Waals surface area contributed by atoms with E-state index in [0.717, 1.165) is 6.07 Å². The van der Waals surface area contributed by atoms with Crippen LogP contribution in [0.4, 0.5) is 8.78 Å². The lowest BCUT2D eigenvalue weighted by atomic mass is 10.1. The van der Waals surface area contributed by atoms with Crippen LogP contribution in [-0.4, -0.2) is 16.1 Å². The number of carboxylic acid groups (broad SMARTS) is 1. The molecule has 0 aliphatic carbocycles. The van der Waals surface area contributed by atoms with Crippen LogP contribution < -0.4 is 0 Å². The fourth-order valence-electron chi connectivity index (χ4n) is 1.40. The maximum atomic E-state index is 13.4. The first-order valence-electron chi connectivity index (χ1n) is 4.17. The van der Waals surface area contributed by atoms with Gasteiger partial charge in [0.1, 0.15) is 15.9 Å². The second-order valence-corrected chi connectivity index (χ2v) is 3.89. The molecule has 1 aromatic heterocycles. The van der Waals surface area contributed by atoms with Crippen molar-refractivity contribution >= 4 is 32.8 Å². The van der Waals surface area contributed by atoms with Crippen molar-refractivity contribution in [2.75, 3.05) is 0 Å². The van der Waals surface area contributed by atoms with Crippen molar-refractivity contribution in [1.82, 2.24) is 4.98 Å². The van der Waals surface area contributed by atoms with E-state index in [1.807, 2.05) is 0 Å². The Hall–Kier alpha value is -1.56. The quantitative estimate of drug-likeness (QED) is 0.821. The van der Waals surface area contributed by atoms with Crippen LogP contribution in [0.1, 0.15) is 10.4 Å². The average molecular weight is 288 g/mol. The Kier molecular flexibility index (Phi) is 2.59. The zero-order chi connectivity index (χ0) is 11.9.